The predicted molar refractivity (Wildman–Crippen MR) is 96.6 cm³/mol. The van der Waals surface area contributed by atoms with Crippen LogP contribution < -0.4 is 11.5 Å². The molecule has 6 nitrogen and oxygen atoms in total. The van der Waals surface area contributed by atoms with Gasteiger partial charge in [0.25, 0.3) is 5.91 Å². The van der Waals surface area contributed by atoms with Gasteiger partial charge in [0.2, 0.25) is 0 Å². The number of hydrogen-bond donors (Lipinski definition) is 2. The standard InChI is InChI=1S/C17H18N4O2S/c18-17(19)20-15(22)10-1-2-12-13-5-8-24-16(13)21(14(12)9-10)11-3-6-23-7-4-11/h1-2,5,8-9,11H,3-4,6-7H2,(H4,18,19,20,22). The van der Waals surface area contributed by atoms with Gasteiger partial charge >= 0.3 is 0 Å². The van der Waals surface area contributed by atoms with E-state index in [0.717, 1.165) is 37.0 Å². The molecule has 24 heavy (non-hydrogen) atoms. The monoisotopic (exact) mass is 342 g/mol. The van der Waals surface area contributed by atoms with Crippen LogP contribution >= 0.6 is 11.3 Å². The van der Waals surface area contributed by atoms with Crippen LogP contribution in [0.5, 0.6) is 0 Å². The molecule has 1 saturated heterocycles. The van der Waals surface area contributed by atoms with Gasteiger partial charge in [0, 0.05) is 35.6 Å². The van der Waals surface area contributed by atoms with E-state index in [4.69, 9.17) is 16.2 Å². The summed E-state index contributed by atoms with van der Waals surface area (Å²) in [6, 6.07) is 8.17. The van der Waals surface area contributed by atoms with Gasteiger partial charge in [0.1, 0.15) is 4.83 Å². The van der Waals surface area contributed by atoms with E-state index in [1.165, 1.54) is 10.2 Å². The van der Waals surface area contributed by atoms with E-state index in [9.17, 15) is 4.79 Å². The number of fused-ring (bicyclic) bond motifs is 3. The van der Waals surface area contributed by atoms with E-state index in [1.807, 2.05) is 12.1 Å². The summed E-state index contributed by atoms with van der Waals surface area (Å²) in [5.74, 6) is -0.638. The van der Waals surface area contributed by atoms with Crippen molar-refractivity contribution in [3.63, 3.8) is 0 Å². The normalized spacial score (nSPS) is 15.8. The molecule has 0 radical (unpaired) electrons. The molecule has 124 valence electrons. The highest BCUT2D eigenvalue weighted by atomic mass is 32.1. The number of guanidine groups is 1. The second-order valence-electron chi connectivity index (χ2n) is 5.93. The molecule has 1 aliphatic heterocycles. The van der Waals surface area contributed by atoms with Gasteiger partial charge in [-0.1, -0.05) is 6.07 Å². The lowest BCUT2D eigenvalue weighted by Gasteiger charge is -2.25. The molecular formula is C17H18N4O2S. The van der Waals surface area contributed by atoms with Gasteiger partial charge in [0.15, 0.2) is 5.96 Å². The fourth-order valence-electron chi connectivity index (χ4n) is 3.38. The summed E-state index contributed by atoms with van der Waals surface area (Å²) >= 11 is 1.73. The van der Waals surface area contributed by atoms with Crippen molar-refractivity contribution >= 4 is 44.3 Å². The van der Waals surface area contributed by atoms with Crippen LogP contribution in [0.25, 0.3) is 21.1 Å². The number of ether oxygens (including phenoxy) is 1. The van der Waals surface area contributed by atoms with E-state index in [1.54, 1.807) is 17.4 Å². The molecule has 7 heteroatoms. The molecule has 2 aromatic heterocycles. The molecule has 1 amide bonds. The number of benzene rings is 1. The minimum Gasteiger partial charge on any atom is -0.381 e. The molecule has 0 aliphatic carbocycles. The second kappa shape index (κ2) is 5.92. The van der Waals surface area contributed by atoms with Crippen LogP contribution in [0, 0.1) is 0 Å². The zero-order valence-electron chi connectivity index (χ0n) is 13.1. The molecule has 3 heterocycles. The van der Waals surface area contributed by atoms with Crippen LogP contribution in [-0.2, 0) is 4.74 Å². The van der Waals surface area contributed by atoms with Gasteiger partial charge < -0.3 is 20.8 Å². The lowest BCUT2D eigenvalue weighted by Crippen LogP contribution is -2.24. The third-order valence-electron chi connectivity index (χ3n) is 4.44. The molecule has 0 saturated carbocycles. The first kappa shape index (κ1) is 15.2. The molecule has 4 rings (SSSR count). The van der Waals surface area contributed by atoms with Gasteiger partial charge in [-0.25, -0.2) is 0 Å². The highest BCUT2D eigenvalue weighted by Gasteiger charge is 2.22. The first-order valence-corrected chi connectivity index (χ1v) is 8.76. The average molecular weight is 342 g/mol. The van der Waals surface area contributed by atoms with Crippen LogP contribution in [0.1, 0.15) is 29.2 Å². The molecule has 0 spiro atoms. The maximum atomic E-state index is 12.2. The number of hydrogen-bond acceptors (Lipinski definition) is 3. The van der Waals surface area contributed by atoms with E-state index >= 15 is 0 Å². The van der Waals surface area contributed by atoms with Gasteiger partial charge in [-0.3, -0.25) is 4.79 Å². The van der Waals surface area contributed by atoms with Crippen LogP contribution in [0.15, 0.2) is 34.6 Å². The van der Waals surface area contributed by atoms with Crippen molar-refractivity contribution < 1.29 is 9.53 Å². The van der Waals surface area contributed by atoms with Crippen molar-refractivity contribution in [3.8, 4) is 0 Å². The average Bonchev–Trinajstić information content (AvgIpc) is 3.14. The summed E-state index contributed by atoms with van der Waals surface area (Å²) in [5.41, 5.74) is 12.2. The van der Waals surface area contributed by atoms with Gasteiger partial charge in [-0.05, 0) is 36.4 Å². The van der Waals surface area contributed by atoms with Crippen molar-refractivity contribution in [3.05, 3.63) is 35.2 Å². The predicted octanol–water partition coefficient (Wildman–Crippen LogP) is 2.62. The van der Waals surface area contributed by atoms with Gasteiger partial charge in [-0.15, -0.1) is 11.3 Å². The summed E-state index contributed by atoms with van der Waals surface area (Å²) in [5, 5.41) is 4.49. The molecule has 1 aromatic carbocycles. The van der Waals surface area contributed by atoms with Crippen molar-refractivity contribution in [1.29, 1.82) is 0 Å². The van der Waals surface area contributed by atoms with E-state index < -0.39 is 5.91 Å². The minimum absolute atomic E-state index is 0.221. The maximum absolute atomic E-state index is 12.2. The summed E-state index contributed by atoms with van der Waals surface area (Å²) in [4.78, 5) is 17.0. The first-order valence-electron chi connectivity index (χ1n) is 7.88. The zero-order chi connectivity index (χ0) is 16.7. The van der Waals surface area contributed by atoms with Crippen molar-refractivity contribution in [2.75, 3.05) is 13.2 Å². The van der Waals surface area contributed by atoms with Crippen LogP contribution in [0.4, 0.5) is 0 Å². The van der Waals surface area contributed by atoms with Crippen molar-refractivity contribution in [1.82, 2.24) is 4.57 Å². The quantitative estimate of drug-likeness (QED) is 0.553. The fourth-order valence-corrected chi connectivity index (χ4v) is 4.38. The van der Waals surface area contributed by atoms with Crippen molar-refractivity contribution in [2.24, 2.45) is 16.5 Å². The van der Waals surface area contributed by atoms with Crippen LogP contribution in [0.3, 0.4) is 0 Å². The summed E-state index contributed by atoms with van der Waals surface area (Å²) in [7, 11) is 0. The Bertz CT molecular complexity index is 946. The number of amides is 1. The molecule has 0 unspecified atom stereocenters. The van der Waals surface area contributed by atoms with E-state index in [0.29, 0.717) is 11.6 Å². The number of aromatic nitrogens is 1. The van der Waals surface area contributed by atoms with Gasteiger partial charge in [0.05, 0.1) is 5.52 Å². The number of aliphatic imine (C=N–C) groups is 1. The number of carbonyl (C=O) groups excluding carboxylic acids is 1. The lowest BCUT2D eigenvalue weighted by molar-refractivity contribution is 0.0718. The molecule has 1 fully saturated rings. The first-order chi connectivity index (χ1) is 11.6. The smallest absolute Gasteiger partial charge is 0.280 e. The highest BCUT2D eigenvalue weighted by Crippen LogP contribution is 2.38. The number of thiophene rings is 1. The Morgan fingerprint density at radius 1 is 1.21 bits per heavy atom. The minimum atomic E-state index is -0.417. The Balaban J connectivity index is 1.91. The molecule has 3 aromatic rings. The fraction of sp³-hybridized carbons (Fsp3) is 0.294. The third kappa shape index (κ3) is 2.46. The Hall–Kier alpha value is -2.38. The second-order valence-corrected chi connectivity index (χ2v) is 6.82. The Morgan fingerprint density at radius 2 is 2.00 bits per heavy atom. The third-order valence-corrected chi connectivity index (χ3v) is 5.36. The van der Waals surface area contributed by atoms with E-state index in [-0.39, 0.29) is 5.96 Å². The summed E-state index contributed by atoms with van der Waals surface area (Å²) in [6.07, 6.45) is 1.95. The number of nitrogens with zero attached hydrogens (tertiary/aromatic N) is 2. The van der Waals surface area contributed by atoms with Crippen LogP contribution in [0.2, 0.25) is 0 Å². The SMILES string of the molecule is NC(N)=NC(=O)c1ccc2c3ccsc3n(C3CCOCC3)c2c1. The topological polar surface area (TPSA) is 95.6 Å². The molecule has 4 N–H and O–H groups in total. The van der Waals surface area contributed by atoms with Crippen LogP contribution in [-0.4, -0.2) is 29.6 Å². The summed E-state index contributed by atoms with van der Waals surface area (Å²) in [6.45, 7) is 1.54. The highest BCUT2D eigenvalue weighted by molar-refractivity contribution is 7.17. The molecular weight excluding hydrogens is 324 g/mol. The lowest BCUT2D eigenvalue weighted by atomic mass is 10.1. The Kier molecular flexibility index (Phi) is 3.74. The van der Waals surface area contributed by atoms with E-state index in [2.05, 4.69) is 21.0 Å². The molecule has 0 atom stereocenters. The summed E-state index contributed by atoms with van der Waals surface area (Å²) < 4.78 is 7.85. The number of rotatable bonds is 2. The zero-order valence-corrected chi connectivity index (χ0v) is 13.9. The Labute approximate surface area is 142 Å². The molecule has 1 aliphatic rings. The largest absolute Gasteiger partial charge is 0.381 e. The van der Waals surface area contributed by atoms with Crippen molar-refractivity contribution in [2.45, 2.75) is 18.9 Å². The van der Waals surface area contributed by atoms with Gasteiger partial charge in [-0.2, -0.15) is 4.99 Å². The molecule has 0 bridgehead atoms. The number of nitrogens with two attached hydrogens (primary N) is 2. The Morgan fingerprint density at radius 3 is 2.75 bits per heavy atom. The number of carbonyl (C=O) groups is 1. The maximum Gasteiger partial charge on any atom is 0.280 e.